The SMILES string of the molecule is CCCCCC/C=C\CCCCCCCC(=O)OCC(COC(=O)CCCCCCCCCCCCCCCCC/C=C\C/C=C\CCCCCCC)OC(=O)CCCCCCCCCCCCCCCCCCCCCC. The molecule has 458 valence electrons. The van der Waals surface area contributed by atoms with Crippen LogP contribution < -0.4 is 0 Å². The summed E-state index contributed by atoms with van der Waals surface area (Å²) in [5, 5.41) is 0. The summed E-state index contributed by atoms with van der Waals surface area (Å²) in [6, 6.07) is 0. The summed E-state index contributed by atoms with van der Waals surface area (Å²) >= 11 is 0. The molecule has 1 unspecified atom stereocenters. The molecule has 0 heterocycles. The highest BCUT2D eigenvalue weighted by molar-refractivity contribution is 5.71. The number of rotatable bonds is 65. The standard InChI is InChI=1S/C72H134O6/c1-4-7-10-13-16-19-22-25-27-29-31-33-34-35-36-37-38-39-41-42-44-47-50-53-56-59-62-65-71(74)77-68-69(67-76-70(73)64-61-58-55-52-49-46-24-21-18-15-12-9-6-3)78-72(75)66-63-60-57-54-51-48-45-43-40-32-30-28-26-23-20-17-14-11-8-5-2/h21-22,24-25,29,31,69H,4-20,23,26-28,30,32-68H2,1-3H3/b24-21-,25-22-,31-29-. The Hall–Kier alpha value is -2.37. The van der Waals surface area contributed by atoms with Crippen molar-refractivity contribution in [2.24, 2.45) is 0 Å². The molecular weight excluding hydrogens is 961 g/mol. The predicted octanol–water partition coefficient (Wildman–Crippen LogP) is 23.9. The maximum absolute atomic E-state index is 12.9. The van der Waals surface area contributed by atoms with Gasteiger partial charge < -0.3 is 14.2 Å². The van der Waals surface area contributed by atoms with E-state index in [1.807, 2.05) is 0 Å². The minimum absolute atomic E-state index is 0.0695. The van der Waals surface area contributed by atoms with Crippen LogP contribution in [0.5, 0.6) is 0 Å². The number of allylic oxidation sites excluding steroid dienone is 6. The molecule has 0 aliphatic heterocycles. The van der Waals surface area contributed by atoms with Crippen molar-refractivity contribution in [2.45, 2.75) is 393 Å². The molecule has 0 amide bonds. The van der Waals surface area contributed by atoms with Crippen LogP contribution in [-0.4, -0.2) is 37.2 Å². The fraction of sp³-hybridized carbons (Fsp3) is 0.875. The third-order valence-corrected chi connectivity index (χ3v) is 15.9. The Labute approximate surface area is 486 Å². The summed E-state index contributed by atoms with van der Waals surface area (Å²) in [4.78, 5) is 38.4. The average molecular weight is 1100 g/mol. The second kappa shape index (κ2) is 67.1. The Balaban J connectivity index is 4.21. The lowest BCUT2D eigenvalue weighted by Crippen LogP contribution is -2.30. The van der Waals surface area contributed by atoms with E-state index in [1.165, 1.54) is 276 Å². The number of ether oxygens (including phenoxy) is 3. The zero-order valence-electron chi connectivity index (χ0n) is 52.7. The first-order valence-corrected chi connectivity index (χ1v) is 35.0. The minimum atomic E-state index is -0.773. The van der Waals surface area contributed by atoms with Crippen LogP contribution in [0.1, 0.15) is 387 Å². The molecule has 0 bridgehead atoms. The van der Waals surface area contributed by atoms with Crippen molar-refractivity contribution in [3.63, 3.8) is 0 Å². The highest BCUT2D eigenvalue weighted by atomic mass is 16.6. The van der Waals surface area contributed by atoms with E-state index in [2.05, 4.69) is 57.2 Å². The fourth-order valence-corrected chi connectivity index (χ4v) is 10.6. The first kappa shape index (κ1) is 75.6. The maximum atomic E-state index is 12.9. The van der Waals surface area contributed by atoms with Crippen molar-refractivity contribution in [2.75, 3.05) is 13.2 Å². The highest BCUT2D eigenvalue weighted by Crippen LogP contribution is 2.18. The molecule has 0 spiro atoms. The second-order valence-corrected chi connectivity index (χ2v) is 23.8. The van der Waals surface area contributed by atoms with Crippen LogP contribution in [0.4, 0.5) is 0 Å². The van der Waals surface area contributed by atoms with Crippen molar-refractivity contribution >= 4 is 17.9 Å². The lowest BCUT2D eigenvalue weighted by atomic mass is 10.0. The molecular formula is C72H134O6. The minimum Gasteiger partial charge on any atom is -0.462 e. The molecule has 0 aromatic rings. The van der Waals surface area contributed by atoms with Crippen molar-refractivity contribution in [3.05, 3.63) is 36.5 Å². The van der Waals surface area contributed by atoms with E-state index in [4.69, 9.17) is 14.2 Å². The quantitative estimate of drug-likeness (QED) is 0.0261. The van der Waals surface area contributed by atoms with Gasteiger partial charge in [-0.2, -0.15) is 0 Å². The Kier molecular flexibility index (Phi) is 65.1. The average Bonchev–Trinajstić information content (AvgIpc) is 3.44. The van der Waals surface area contributed by atoms with Crippen LogP contribution in [-0.2, 0) is 28.6 Å². The van der Waals surface area contributed by atoms with Crippen LogP contribution >= 0.6 is 0 Å². The largest absolute Gasteiger partial charge is 0.462 e. The first-order valence-electron chi connectivity index (χ1n) is 35.0. The molecule has 6 heteroatoms. The molecule has 0 fully saturated rings. The number of unbranched alkanes of at least 4 members (excludes halogenated alkanes) is 48. The lowest BCUT2D eigenvalue weighted by Gasteiger charge is -2.18. The van der Waals surface area contributed by atoms with Gasteiger partial charge in [-0.25, -0.2) is 0 Å². The van der Waals surface area contributed by atoms with Gasteiger partial charge in [0.25, 0.3) is 0 Å². The van der Waals surface area contributed by atoms with Crippen LogP contribution in [0.2, 0.25) is 0 Å². The number of hydrogen-bond donors (Lipinski definition) is 0. The predicted molar refractivity (Wildman–Crippen MR) is 339 cm³/mol. The van der Waals surface area contributed by atoms with E-state index < -0.39 is 6.10 Å². The Morgan fingerprint density at radius 2 is 0.462 bits per heavy atom. The molecule has 6 nitrogen and oxygen atoms in total. The van der Waals surface area contributed by atoms with Crippen molar-refractivity contribution in [3.8, 4) is 0 Å². The van der Waals surface area contributed by atoms with Gasteiger partial charge in [-0.1, -0.05) is 327 Å². The van der Waals surface area contributed by atoms with E-state index in [0.29, 0.717) is 19.3 Å². The summed E-state index contributed by atoms with van der Waals surface area (Å²) in [7, 11) is 0. The van der Waals surface area contributed by atoms with Gasteiger partial charge in [0.2, 0.25) is 0 Å². The van der Waals surface area contributed by atoms with Crippen LogP contribution in [0.25, 0.3) is 0 Å². The number of hydrogen-bond acceptors (Lipinski definition) is 6. The highest BCUT2D eigenvalue weighted by Gasteiger charge is 2.19. The van der Waals surface area contributed by atoms with Gasteiger partial charge in [-0.3, -0.25) is 14.4 Å². The summed E-state index contributed by atoms with van der Waals surface area (Å²) in [6.07, 6.45) is 83.1. The molecule has 78 heavy (non-hydrogen) atoms. The fourth-order valence-electron chi connectivity index (χ4n) is 10.6. The molecule has 0 aliphatic carbocycles. The number of carbonyl (C=O) groups is 3. The third-order valence-electron chi connectivity index (χ3n) is 15.9. The smallest absolute Gasteiger partial charge is 0.306 e. The Morgan fingerprint density at radius 1 is 0.256 bits per heavy atom. The van der Waals surface area contributed by atoms with E-state index >= 15 is 0 Å². The van der Waals surface area contributed by atoms with Gasteiger partial charge >= 0.3 is 17.9 Å². The van der Waals surface area contributed by atoms with Crippen LogP contribution in [0, 0.1) is 0 Å². The molecule has 1 atom stereocenters. The van der Waals surface area contributed by atoms with Gasteiger partial charge in [0.1, 0.15) is 13.2 Å². The molecule has 0 aromatic heterocycles. The van der Waals surface area contributed by atoms with Crippen LogP contribution in [0.3, 0.4) is 0 Å². The number of esters is 3. The molecule has 0 N–H and O–H groups in total. The third kappa shape index (κ3) is 64.5. The van der Waals surface area contributed by atoms with E-state index in [0.717, 1.165) is 70.6 Å². The summed E-state index contributed by atoms with van der Waals surface area (Å²) in [5.41, 5.74) is 0. The molecule has 0 aromatic carbocycles. The van der Waals surface area contributed by atoms with Crippen molar-refractivity contribution in [1.82, 2.24) is 0 Å². The van der Waals surface area contributed by atoms with E-state index in [9.17, 15) is 14.4 Å². The summed E-state index contributed by atoms with van der Waals surface area (Å²) in [5.74, 6) is -0.850. The van der Waals surface area contributed by atoms with Gasteiger partial charge in [-0.15, -0.1) is 0 Å². The van der Waals surface area contributed by atoms with Gasteiger partial charge in [0.15, 0.2) is 6.10 Å². The summed E-state index contributed by atoms with van der Waals surface area (Å²) in [6.45, 7) is 6.68. The normalized spacial score (nSPS) is 12.2. The second-order valence-electron chi connectivity index (χ2n) is 23.8. The Morgan fingerprint density at radius 3 is 0.731 bits per heavy atom. The van der Waals surface area contributed by atoms with Crippen molar-refractivity contribution in [1.29, 1.82) is 0 Å². The Bertz CT molecular complexity index is 1300. The van der Waals surface area contributed by atoms with Gasteiger partial charge in [0, 0.05) is 19.3 Å². The topological polar surface area (TPSA) is 78.9 Å². The number of carbonyl (C=O) groups excluding carboxylic acids is 3. The van der Waals surface area contributed by atoms with E-state index in [1.54, 1.807) is 0 Å². The van der Waals surface area contributed by atoms with Gasteiger partial charge in [0.05, 0.1) is 0 Å². The zero-order chi connectivity index (χ0) is 56.4. The lowest BCUT2D eigenvalue weighted by molar-refractivity contribution is -0.167. The molecule has 0 radical (unpaired) electrons. The maximum Gasteiger partial charge on any atom is 0.306 e. The molecule has 0 aliphatic rings. The summed E-state index contributed by atoms with van der Waals surface area (Å²) < 4.78 is 17.0. The van der Waals surface area contributed by atoms with Crippen molar-refractivity contribution < 1.29 is 28.6 Å². The first-order chi connectivity index (χ1) is 38.5. The molecule has 0 rings (SSSR count). The molecule has 0 saturated carbocycles. The van der Waals surface area contributed by atoms with E-state index in [-0.39, 0.29) is 31.1 Å². The van der Waals surface area contributed by atoms with Crippen LogP contribution in [0.15, 0.2) is 36.5 Å². The molecule has 0 saturated heterocycles. The zero-order valence-corrected chi connectivity index (χ0v) is 52.7. The van der Waals surface area contributed by atoms with Gasteiger partial charge in [-0.05, 0) is 77.0 Å². The monoisotopic (exact) mass is 1100 g/mol.